The Balaban J connectivity index is 1.34. The lowest BCUT2D eigenvalue weighted by Gasteiger charge is -2.25. The molecule has 4 rings (SSSR count). The molecule has 0 radical (unpaired) electrons. The molecule has 1 saturated heterocycles. The molecule has 0 bridgehead atoms. The van der Waals surface area contributed by atoms with Gasteiger partial charge in [-0.3, -0.25) is 9.89 Å². The van der Waals surface area contributed by atoms with Crippen LogP contribution < -0.4 is 5.32 Å². The van der Waals surface area contributed by atoms with Gasteiger partial charge in [0, 0.05) is 51.2 Å². The van der Waals surface area contributed by atoms with E-state index < -0.39 is 0 Å². The Morgan fingerprint density at radius 1 is 1.25 bits per heavy atom. The smallest absolute Gasteiger partial charge is 0.193 e. The summed E-state index contributed by atoms with van der Waals surface area (Å²) in [6, 6.07) is 8.02. The van der Waals surface area contributed by atoms with Crippen LogP contribution in [0.15, 0.2) is 41.4 Å². The van der Waals surface area contributed by atoms with Gasteiger partial charge in [0.1, 0.15) is 5.82 Å². The van der Waals surface area contributed by atoms with Crippen LogP contribution in [0, 0.1) is 5.82 Å². The second-order valence-corrected chi connectivity index (χ2v) is 6.98. The van der Waals surface area contributed by atoms with Crippen molar-refractivity contribution in [2.75, 3.05) is 33.2 Å². The van der Waals surface area contributed by atoms with Crippen LogP contribution in [-0.4, -0.2) is 61.1 Å². The Kier molecular flexibility index (Phi) is 4.27. The zero-order valence-corrected chi connectivity index (χ0v) is 14.2. The average Bonchev–Trinajstić information content (AvgIpc) is 3.01. The van der Waals surface area contributed by atoms with Crippen LogP contribution >= 0.6 is 0 Å². The number of halogens is 1. The minimum atomic E-state index is -0.0930. The van der Waals surface area contributed by atoms with Gasteiger partial charge in [-0.1, -0.05) is 30.4 Å². The molecular formula is C19H25FN4. The van der Waals surface area contributed by atoms with Crippen LogP contribution in [0.1, 0.15) is 24.3 Å². The average molecular weight is 328 g/mol. The molecule has 2 aliphatic heterocycles. The molecule has 5 heteroatoms. The third-order valence-corrected chi connectivity index (χ3v) is 5.45. The molecule has 2 fully saturated rings. The SMILES string of the molecule is CN=C(NC1CC1c1ccccc1F)N1CCC(N2CC=CC2)C1. The highest BCUT2D eigenvalue weighted by atomic mass is 19.1. The maximum atomic E-state index is 13.9. The quantitative estimate of drug-likeness (QED) is 0.524. The van der Waals surface area contributed by atoms with Gasteiger partial charge in [0.05, 0.1) is 0 Å². The van der Waals surface area contributed by atoms with Gasteiger partial charge in [-0.05, 0) is 24.5 Å². The predicted octanol–water partition coefficient (Wildman–Crippen LogP) is 2.20. The Morgan fingerprint density at radius 2 is 2.04 bits per heavy atom. The standard InChI is InChI=1S/C19H25FN4/c1-21-19(24-11-8-14(13-24)23-9-4-5-10-23)22-18-12-16(18)15-6-2-3-7-17(15)20/h2-7,14,16,18H,8-13H2,1H3,(H,21,22). The van der Waals surface area contributed by atoms with Crippen LogP contribution in [-0.2, 0) is 0 Å². The number of nitrogens with one attached hydrogen (secondary N) is 1. The monoisotopic (exact) mass is 328 g/mol. The largest absolute Gasteiger partial charge is 0.353 e. The summed E-state index contributed by atoms with van der Waals surface area (Å²) in [5, 5.41) is 3.54. The minimum Gasteiger partial charge on any atom is -0.353 e. The Bertz CT molecular complexity index is 649. The molecule has 3 atom stereocenters. The van der Waals surface area contributed by atoms with Gasteiger partial charge in [-0.2, -0.15) is 0 Å². The summed E-state index contributed by atoms with van der Waals surface area (Å²) in [6.07, 6.45) is 6.66. The Hall–Kier alpha value is -1.88. The summed E-state index contributed by atoms with van der Waals surface area (Å²) in [5.74, 6) is 1.14. The molecule has 128 valence electrons. The maximum absolute atomic E-state index is 13.9. The van der Waals surface area contributed by atoms with Crippen molar-refractivity contribution in [3.05, 3.63) is 47.8 Å². The molecule has 0 spiro atoms. The fourth-order valence-corrected chi connectivity index (χ4v) is 3.96. The highest BCUT2D eigenvalue weighted by Gasteiger charge is 2.41. The zero-order chi connectivity index (χ0) is 16.5. The molecule has 2 heterocycles. The maximum Gasteiger partial charge on any atom is 0.193 e. The van der Waals surface area contributed by atoms with Crippen molar-refractivity contribution in [2.45, 2.75) is 30.8 Å². The number of rotatable bonds is 3. The van der Waals surface area contributed by atoms with Crippen molar-refractivity contribution in [3.63, 3.8) is 0 Å². The number of guanidine groups is 1. The van der Waals surface area contributed by atoms with Crippen LogP contribution in [0.2, 0.25) is 0 Å². The van der Waals surface area contributed by atoms with Crippen molar-refractivity contribution in [1.82, 2.24) is 15.1 Å². The number of hydrogen-bond acceptors (Lipinski definition) is 2. The van der Waals surface area contributed by atoms with Crippen molar-refractivity contribution in [1.29, 1.82) is 0 Å². The lowest BCUT2D eigenvalue weighted by atomic mass is 10.1. The van der Waals surface area contributed by atoms with Gasteiger partial charge < -0.3 is 10.2 Å². The molecule has 3 unspecified atom stereocenters. The van der Waals surface area contributed by atoms with E-state index in [4.69, 9.17) is 0 Å². The fourth-order valence-electron chi connectivity index (χ4n) is 3.96. The van der Waals surface area contributed by atoms with E-state index in [0.717, 1.165) is 44.1 Å². The number of likely N-dealkylation sites (tertiary alicyclic amines) is 1. The first-order chi connectivity index (χ1) is 11.8. The van der Waals surface area contributed by atoms with E-state index in [2.05, 4.69) is 32.3 Å². The first kappa shape index (κ1) is 15.6. The zero-order valence-electron chi connectivity index (χ0n) is 14.2. The lowest BCUT2D eigenvalue weighted by molar-refractivity contribution is 0.259. The van der Waals surface area contributed by atoms with E-state index in [0.29, 0.717) is 12.1 Å². The molecule has 0 amide bonds. The summed E-state index contributed by atoms with van der Waals surface area (Å²) in [5.41, 5.74) is 0.827. The van der Waals surface area contributed by atoms with Crippen LogP contribution in [0.3, 0.4) is 0 Å². The van der Waals surface area contributed by atoms with Gasteiger partial charge in [-0.15, -0.1) is 0 Å². The molecule has 4 nitrogen and oxygen atoms in total. The van der Waals surface area contributed by atoms with Crippen molar-refractivity contribution < 1.29 is 4.39 Å². The predicted molar refractivity (Wildman–Crippen MR) is 94.7 cm³/mol. The van der Waals surface area contributed by atoms with Crippen LogP contribution in [0.5, 0.6) is 0 Å². The Labute approximate surface area is 143 Å². The van der Waals surface area contributed by atoms with E-state index in [1.54, 1.807) is 12.1 Å². The number of nitrogens with zero attached hydrogens (tertiary/aromatic N) is 3. The molecule has 1 aromatic carbocycles. The van der Waals surface area contributed by atoms with E-state index in [1.807, 2.05) is 19.2 Å². The highest BCUT2D eigenvalue weighted by molar-refractivity contribution is 5.81. The molecule has 0 aromatic heterocycles. The third-order valence-electron chi connectivity index (χ3n) is 5.45. The third kappa shape index (κ3) is 3.05. The van der Waals surface area contributed by atoms with E-state index >= 15 is 0 Å². The van der Waals surface area contributed by atoms with Gasteiger partial charge in [0.15, 0.2) is 5.96 Å². The summed E-state index contributed by atoms with van der Waals surface area (Å²) in [6.45, 7) is 4.21. The highest BCUT2D eigenvalue weighted by Crippen LogP contribution is 2.42. The first-order valence-electron chi connectivity index (χ1n) is 8.88. The summed E-state index contributed by atoms with van der Waals surface area (Å²) < 4.78 is 13.9. The van der Waals surface area contributed by atoms with E-state index in [9.17, 15) is 4.39 Å². The summed E-state index contributed by atoms with van der Waals surface area (Å²) in [7, 11) is 1.84. The molecular weight excluding hydrogens is 303 g/mol. The first-order valence-corrected chi connectivity index (χ1v) is 8.88. The Morgan fingerprint density at radius 3 is 2.79 bits per heavy atom. The van der Waals surface area contributed by atoms with Crippen molar-refractivity contribution in [3.8, 4) is 0 Å². The molecule has 1 N–H and O–H groups in total. The van der Waals surface area contributed by atoms with E-state index in [1.165, 1.54) is 6.42 Å². The summed E-state index contributed by atoms with van der Waals surface area (Å²) >= 11 is 0. The number of benzene rings is 1. The molecule has 24 heavy (non-hydrogen) atoms. The minimum absolute atomic E-state index is 0.0930. The van der Waals surface area contributed by atoms with Crippen LogP contribution in [0.4, 0.5) is 4.39 Å². The molecule has 1 aromatic rings. The fraction of sp³-hybridized carbons (Fsp3) is 0.526. The molecule has 3 aliphatic rings. The summed E-state index contributed by atoms with van der Waals surface area (Å²) in [4.78, 5) is 9.33. The van der Waals surface area contributed by atoms with Crippen LogP contribution in [0.25, 0.3) is 0 Å². The van der Waals surface area contributed by atoms with Gasteiger partial charge in [0.2, 0.25) is 0 Å². The van der Waals surface area contributed by atoms with E-state index in [-0.39, 0.29) is 11.7 Å². The number of aliphatic imine (C=N–C) groups is 1. The number of hydrogen-bond donors (Lipinski definition) is 1. The molecule has 1 saturated carbocycles. The van der Waals surface area contributed by atoms with Gasteiger partial charge in [-0.25, -0.2) is 4.39 Å². The second-order valence-electron chi connectivity index (χ2n) is 6.98. The molecule has 1 aliphatic carbocycles. The second kappa shape index (κ2) is 6.55. The normalized spacial score (nSPS) is 30.2. The van der Waals surface area contributed by atoms with Gasteiger partial charge >= 0.3 is 0 Å². The van der Waals surface area contributed by atoms with Crippen molar-refractivity contribution >= 4 is 5.96 Å². The van der Waals surface area contributed by atoms with Crippen molar-refractivity contribution in [2.24, 2.45) is 4.99 Å². The lowest BCUT2D eigenvalue weighted by Crippen LogP contribution is -2.43. The van der Waals surface area contributed by atoms with Gasteiger partial charge in [0.25, 0.3) is 0 Å². The topological polar surface area (TPSA) is 30.9 Å².